The molecule has 0 bridgehead atoms. The summed E-state index contributed by atoms with van der Waals surface area (Å²) in [6.45, 7) is 0. The Kier molecular flexibility index (Phi) is 3.48. The van der Waals surface area contributed by atoms with Crippen LogP contribution in [0, 0.1) is 0 Å². The van der Waals surface area contributed by atoms with Gasteiger partial charge in [-0.15, -0.1) is 0 Å². The number of aliphatic carboxylic acids is 1. The fourth-order valence-electron chi connectivity index (χ4n) is 2.83. The molecule has 0 aliphatic heterocycles. The van der Waals surface area contributed by atoms with Gasteiger partial charge in [-0.2, -0.15) is 0 Å². The molecule has 0 radical (unpaired) electrons. The topological polar surface area (TPSA) is 46.5 Å². The molecule has 0 unspecified atom stereocenters. The normalized spacial score (nSPS) is 13.8. The molecule has 0 spiro atoms. The van der Waals surface area contributed by atoms with E-state index >= 15 is 0 Å². The maximum Gasteiger partial charge on any atom is 0.332 e. The van der Waals surface area contributed by atoms with Gasteiger partial charge in [-0.25, -0.2) is 4.79 Å². The highest BCUT2D eigenvalue weighted by atomic mass is 16.5. The number of fused-ring (bicyclic) bond motifs is 1. The Morgan fingerprint density at radius 3 is 2.52 bits per heavy atom. The summed E-state index contributed by atoms with van der Waals surface area (Å²) in [6.07, 6.45) is 1.30. The first-order chi connectivity index (χ1) is 10.2. The zero-order valence-electron chi connectivity index (χ0n) is 11.8. The van der Waals surface area contributed by atoms with Gasteiger partial charge in [-0.1, -0.05) is 36.4 Å². The molecule has 2 aromatic rings. The van der Waals surface area contributed by atoms with E-state index in [-0.39, 0.29) is 0 Å². The Labute approximate surface area is 123 Å². The van der Waals surface area contributed by atoms with Crippen molar-refractivity contribution in [2.45, 2.75) is 12.8 Å². The molecule has 0 fully saturated rings. The minimum Gasteiger partial charge on any atom is -0.497 e. The molecule has 3 nitrogen and oxygen atoms in total. The quantitative estimate of drug-likeness (QED) is 0.935. The average molecular weight is 280 g/mol. The number of methoxy groups -OCH3 is 1. The predicted molar refractivity (Wildman–Crippen MR) is 81.4 cm³/mol. The summed E-state index contributed by atoms with van der Waals surface area (Å²) in [5.74, 6) is -0.101. The molecule has 3 heteroatoms. The highest BCUT2D eigenvalue weighted by molar-refractivity contribution is 6.02. The van der Waals surface area contributed by atoms with Crippen LogP contribution in [0.5, 0.6) is 5.75 Å². The number of rotatable bonds is 3. The van der Waals surface area contributed by atoms with Crippen molar-refractivity contribution >= 4 is 11.5 Å². The standard InChI is InChI=1S/C18H16O3/c1-21-14-9-7-12-8-10-15(18(19)20)17(16(12)11-14)13-5-3-2-4-6-13/h2-7,9,11H,8,10H2,1H3,(H,19,20). The molecule has 0 saturated heterocycles. The van der Waals surface area contributed by atoms with Crippen LogP contribution in [0.1, 0.15) is 23.1 Å². The van der Waals surface area contributed by atoms with E-state index in [4.69, 9.17) is 4.74 Å². The molecule has 1 aliphatic carbocycles. The van der Waals surface area contributed by atoms with E-state index in [0.29, 0.717) is 12.0 Å². The van der Waals surface area contributed by atoms with Gasteiger partial charge in [0.15, 0.2) is 0 Å². The molecule has 0 aromatic heterocycles. The smallest absolute Gasteiger partial charge is 0.332 e. The number of hydrogen-bond acceptors (Lipinski definition) is 2. The molecular formula is C18H16O3. The third-order valence-corrected chi connectivity index (χ3v) is 3.85. The van der Waals surface area contributed by atoms with Gasteiger partial charge in [0.1, 0.15) is 5.75 Å². The van der Waals surface area contributed by atoms with Crippen molar-refractivity contribution in [3.63, 3.8) is 0 Å². The van der Waals surface area contributed by atoms with Gasteiger partial charge >= 0.3 is 5.97 Å². The van der Waals surface area contributed by atoms with E-state index in [1.165, 1.54) is 5.56 Å². The fraction of sp³-hybridized carbons (Fsp3) is 0.167. The fourth-order valence-corrected chi connectivity index (χ4v) is 2.83. The molecular weight excluding hydrogens is 264 g/mol. The molecule has 0 saturated carbocycles. The summed E-state index contributed by atoms with van der Waals surface area (Å²) in [5, 5.41) is 9.53. The van der Waals surface area contributed by atoms with Crippen molar-refractivity contribution in [1.82, 2.24) is 0 Å². The highest BCUT2D eigenvalue weighted by Gasteiger charge is 2.24. The number of carboxylic acids is 1. The molecule has 1 aliphatic rings. The van der Waals surface area contributed by atoms with Crippen molar-refractivity contribution in [3.05, 3.63) is 70.8 Å². The van der Waals surface area contributed by atoms with Crippen LogP contribution >= 0.6 is 0 Å². The monoisotopic (exact) mass is 280 g/mol. The highest BCUT2D eigenvalue weighted by Crippen LogP contribution is 2.37. The lowest BCUT2D eigenvalue weighted by molar-refractivity contribution is -0.132. The Bertz CT molecular complexity index is 714. The Morgan fingerprint density at radius 2 is 1.86 bits per heavy atom. The van der Waals surface area contributed by atoms with Gasteiger partial charge in [0.25, 0.3) is 0 Å². The van der Waals surface area contributed by atoms with Crippen LogP contribution < -0.4 is 4.74 Å². The van der Waals surface area contributed by atoms with Crippen LogP contribution in [0.25, 0.3) is 5.57 Å². The largest absolute Gasteiger partial charge is 0.497 e. The summed E-state index contributed by atoms with van der Waals surface area (Å²) in [5.41, 5.74) is 4.35. The number of benzene rings is 2. The summed E-state index contributed by atoms with van der Waals surface area (Å²) < 4.78 is 5.29. The molecule has 21 heavy (non-hydrogen) atoms. The predicted octanol–water partition coefficient (Wildman–Crippen LogP) is 3.53. The third-order valence-electron chi connectivity index (χ3n) is 3.85. The van der Waals surface area contributed by atoms with Crippen molar-refractivity contribution in [1.29, 1.82) is 0 Å². The lowest BCUT2D eigenvalue weighted by Gasteiger charge is -2.22. The van der Waals surface area contributed by atoms with Crippen LogP contribution in [-0.2, 0) is 11.2 Å². The van der Waals surface area contributed by atoms with Gasteiger partial charge in [-0.05, 0) is 47.2 Å². The van der Waals surface area contributed by atoms with Gasteiger partial charge in [0.2, 0.25) is 0 Å². The number of carboxylic acid groups (broad SMARTS) is 1. The Hall–Kier alpha value is -2.55. The second-order valence-electron chi connectivity index (χ2n) is 5.05. The molecule has 1 N–H and O–H groups in total. The summed E-state index contributed by atoms with van der Waals surface area (Å²) in [7, 11) is 1.62. The van der Waals surface area contributed by atoms with Crippen LogP contribution in [0.4, 0.5) is 0 Å². The second kappa shape index (κ2) is 5.44. The van der Waals surface area contributed by atoms with E-state index in [2.05, 4.69) is 0 Å². The second-order valence-corrected chi connectivity index (χ2v) is 5.05. The first-order valence-corrected chi connectivity index (χ1v) is 6.90. The lowest BCUT2D eigenvalue weighted by Crippen LogP contribution is -2.13. The van der Waals surface area contributed by atoms with Crippen molar-refractivity contribution in [3.8, 4) is 5.75 Å². The number of carbonyl (C=O) groups is 1. The minimum atomic E-state index is -0.845. The maximum absolute atomic E-state index is 11.6. The summed E-state index contributed by atoms with van der Waals surface area (Å²) in [4.78, 5) is 11.6. The molecule has 0 heterocycles. The molecule has 0 atom stereocenters. The van der Waals surface area contributed by atoms with Gasteiger partial charge in [0.05, 0.1) is 7.11 Å². The average Bonchev–Trinajstić information content (AvgIpc) is 2.53. The number of hydrogen-bond donors (Lipinski definition) is 1. The van der Waals surface area contributed by atoms with Crippen LogP contribution in [-0.4, -0.2) is 18.2 Å². The zero-order valence-corrected chi connectivity index (χ0v) is 11.8. The summed E-state index contributed by atoms with van der Waals surface area (Å²) >= 11 is 0. The van der Waals surface area contributed by atoms with Crippen LogP contribution in [0.15, 0.2) is 54.1 Å². The first kappa shape index (κ1) is 13.4. The molecule has 3 rings (SSSR count). The number of aryl methyl sites for hydroxylation is 1. The van der Waals surface area contributed by atoms with Crippen molar-refractivity contribution in [2.75, 3.05) is 7.11 Å². The molecule has 2 aromatic carbocycles. The van der Waals surface area contributed by atoms with E-state index in [1.54, 1.807) is 7.11 Å². The maximum atomic E-state index is 11.6. The van der Waals surface area contributed by atoms with Gasteiger partial charge in [-0.3, -0.25) is 0 Å². The Morgan fingerprint density at radius 1 is 1.10 bits per heavy atom. The molecule has 0 amide bonds. The third kappa shape index (κ3) is 2.42. The van der Waals surface area contributed by atoms with Gasteiger partial charge in [0, 0.05) is 5.57 Å². The number of ether oxygens (including phenoxy) is 1. The van der Waals surface area contributed by atoms with Crippen LogP contribution in [0.3, 0.4) is 0 Å². The SMILES string of the molecule is COc1ccc2c(c1)C(c1ccccc1)=C(C(=O)O)CC2. The summed E-state index contributed by atoms with van der Waals surface area (Å²) in [6, 6.07) is 15.6. The van der Waals surface area contributed by atoms with E-state index < -0.39 is 5.97 Å². The zero-order chi connectivity index (χ0) is 14.8. The van der Waals surface area contributed by atoms with Crippen molar-refractivity contribution < 1.29 is 14.6 Å². The van der Waals surface area contributed by atoms with E-state index in [0.717, 1.165) is 28.9 Å². The first-order valence-electron chi connectivity index (χ1n) is 6.90. The van der Waals surface area contributed by atoms with Gasteiger partial charge < -0.3 is 9.84 Å². The lowest BCUT2D eigenvalue weighted by atomic mass is 9.82. The van der Waals surface area contributed by atoms with Crippen molar-refractivity contribution in [2.24, 2.45) is 0 Å². The molecule has 106 valence electrons. The van der Waals surface area contributed by atoms with Crippen LogP contribution in [0.2, 0.25) is 0 Å². The minimum absolute atomic E-state index is 0.474. The van der Waals surface area contributed by atoms with E-state index in [9.17, 15) is 9.90 Å². The van der Waals surface area contributed by atoms with E-state index in [1.807, 2.05) is 48.5 Å². The Balaban J connectivity index is 2.26.